The Labute approximate surface area is 170 Å². The Morgan fingerprint density at radius 3 is 2.60 bits per heavy atom. The first kappa shape index (κ1) is 19.5. The molecule has 1 amide bonds. The third-order valence-corrected chi connectivity index (χ3v) is 4.77. The Morgan fingerprint density at radius 1 is 1.17 bits per heavy atom. The van der Waals surface area contributed by atoms with Crippen LogP contribution < -0.4 is 10.2 Å². The molecule has 0 atom stereocenters. The molecule has 1 aromatic heterocycles. The largest absolute Gasteiger partial charge is 0.378 e. The number of carbonyl (C=O) groups is 1. The maximum Gasteiger partial charge on any atom is 0.294 e. The van der Waals surface area contributed by atoms with Gasteiger partial charge in [-0.2, -0.15) is 0 Å². The number of hydrogen-bond acceptors (Lipinski definition) is 6. The second-order valence-electron chi connectivity index (χ2n) is 6.65. The molecule has 4 rings (SSSR count). The van der Waals surface area contributed by atoms with Crippen molar-refractivity contribution in [1.29, 1.82) is 0 Å². The summed E-state index contributed by atoms with van der Waals surface area (Å²) in [6, 6.07) is 8.55. The molecule has 0 aliphatic carbocycles. The maximum atomic E-state index is 14.5. The summed E-state index contributed by atoms with van der Waals surface area (Å²) in [5.41, 5.74) is 0.833. The first-order valence-electron chi connectivity index (χ1n) is 9.23. The number of nitrogens with zero attached hydrogens (tertiary/aromatic N) is 4. The lowest BCUT2D eigenvalue weighted by atomic mass is 10.1. The number of anilines is 2. The van der Waals surface area contributed by atoms with Crippen LogP contribution in [-0.4, -0.2) is 46.7 Å². The Bertz CT molecular complexity index is 1080. The molecule has 0 spiro atoms. The van der Waals surface area contributed by atoms with Gasteiger partial charge in [0.1, 0.15) is 11.5 Å². The van der Waals surface area contributed by atoms with E-state index in [1.165, 1.54) is 41.4 Å². The number of amides is 1. The van der Waals surface area contributed by atoms with Crippen molar-refractivity contribution in [2.45, 2.75) is 0 Å². The number of imidazole rings is 1. The smallest absolute Gasteiger partial charge is 0.294 e. The van der Waals surface area contributed by atoms with Crippen molar-refractivity contribution in [2.24, 2.45) is 0 Å². The Kier molecular flexibility index (Phi) is 5.40. The molecule has 3 aromatic rings. The van der Waals surface area contributed by atoms with Gasteiger partial charge >= 0.3 is 0 Å². The van der Waals surface area contributed by atoms with Crippen molar-refractivity contribution in [3.05, 3.63) is 76.6 Å². The average molecular weight is 411 g/mol. The minimum Gasteiger partial charge on any atom is -0.378 e. The van der Waals surface area contributed by atoms with Crippen LogP contribution in [0.25, 0.3) is 5.69 Å². The zero-order valence-corrected chi connectivity index (χ0v) is 15.8. The lowest BCUT2D eigenvalue weighted by Crippen LogP contribution is -2.36. The number of morpholine rings is 1. The molecule has 1 fully saturated rings. The molecule has 154 valence electrons. The second kappa shape index (κ2) is 8.29. The van der Waals surface area contributed by atoms with Gasteiger partial charge in [0.15, 0.2) is 0 Å². The number of nitro groups is 1. The van der Waals surface area contributed by atoms with E-state index in [-0.39, 0.29) is 22.6 Å². The third-order valence-electron chi connectivity index (χ3n) is 4.77. The van der Waals surface area contributed by atoms with Gasteiger partial charge in [0.25, 0.3) is 11.6 Å². The van der Waals surface area contributed by atoms with Crippen LogP contribution in [0.5, 0.6) is 0 Å². The Morgan fingerprint density at radius 2 is 1.93 bits per heavy atom. The number of hydrogen-bond donors (Lipinski definition) is 1. The van der Waals surface area contributed by atoms with Gasteiger partial charge < -0.3 is 19.5 Å². The molecule has 0 saturated carbocycles. The van der Waals surface area contributed by atoms with Crippen LogP contribution in [0.2, 0.25) is 0 Å². The fraction of sp³-hybridized carbons (Fsp3) is 0.200. The highest BCUT2D eigenvalue weighted by Gasteiger charge is 2.20. The van der Waals surface area contributed by atoms with Crippen LogP contribution in [0.15, 0.2) is 55.1 Å². The van der Waals surface area contributed by atoms with Gasteiger partial charge in [-0.05, 0) is 30.3 Å². The first-order chi connectivity index (χ1) is 14.5. The van der Waals surface area contributed by atoms with Crippen molar-refractivity contribution in [3.63, 3.8) is 0 Å². The summed E-state index contributed by atoms with van der Waals surface area (Å²) in [7, 11) is 0. The number of halogens is 1. The van der Waals surface area contributed by atoms with E-state index in [4.69, 9.17) is 4.74 Å². The molecule has 1 aliphatic rings. The van der Waals surface area contributed by atoms with Crippen LogP contribution in [0.3, 0.4) is 0 Å². The Hall–Kier alpha value is -3.79. The Balaban J connectivity index is 1.54. The molecule has 0 radical (unpaired) electrons. The van der Waals surface area contributed by atoms with Crippen LogP contribution >= 0.6 is 0 Å². The minimum absolute atomic E-state index is 0.0863. The molecular weight excluding hydrogens is 393 g/mol. The number of rotatable bonds is 5. The molecule has 2 aromatic carbocycles. The molecule has 0 unspecified atom stereocenters. The second-order valence-corrected chi connectivity index (χ2v) is 6.65. The summed E-state index contributed by atoms with van der Waals surface area (Å²) in [5.74, 6) is -1.04. The number of nitro benzene ring substituents is 1. The van der Waals surface area contributed by atoms with E-state index in [2.05, 4.69) is 10.3 Å². The highest BCUT2D eigenvalue weighted by molar-refractivity contribution is 6.05. The molecule has 1 N–H and O–H groups in total. The molecule has 2 heterocycles. The van der Waals surface area contributed by atoms with Gasteiger partial charge in [-0.25, -0.2) is 9.37 Å². The summed E-state index contributed by atoms with van der Waals surface area (Å²) in [6.45, 7) is 2.25. The SMILES string of the molecule is O=C(Nc1ccc(N2CCOCC2)c(F)c1)c1ccc(-n2ccnc2)c([N+](=O)[O-])c1. The number of nitrogens with one attached hydrogen (secondary N) is 1. The summed E-state index contributed by atoms with van der Waals surface area (Å²) < 4.78 is 21.3. The third kappa shape index (κ3) is 3.98. The number of benzene rings is 2. The highest BCUT2D eigenvalue weighted by Crippen LogP contribution is 2.26. The van der Waals surface area contributed by atoms with Gasteiger partial charge in [-0.1, -0.05) is 0 Å². The van der Waals surface area contributed by atoms with Crippen LogP contribution in [0.4, 0.5) is 21.5 Å². The molecule has 0 bridgehead atoms. The molecule has 10 heteroatoms. The van der Waals surface area contributed by atoms with E-state index >= 15 is 0 Å². The lowest BCUT2D eigenvalue weighted by Gasteiger charge is -2.29. The van der Waals surface area contributed by atoms with Crippen molar-refractivity contribution < 1.29 is 18.8 Å². The average Bonchev–Trinajstić information content (AvgIpc) is 3.29. The van der Waals surface area contributed by atoms with E-state index in [0.717, 1.165) is 0 Å². The minimum atomic E-state index is -0.575. The zero-order chi connectivity index (χ0) is 21.1. The summed E-state index contributed by atoms with van der Waals surface area (Å²) in [6.07, 6.45) is 4.50. The molecule has 30 heavy (non-hydrogen) atoms. The number of ether oxygens (including phenoxy) is 1. The van der Waals surface area contributed by atoms with Gasteiger partial charge in [0.05, 0.1) is 30.2 Å². The van der Waals surface area contributed by atoms with Gasteiger partial charge in [0, 0.05) is 42.8 Å². The van der Waals surface area contributed by atoms with Crippen molar-refractivity contribution in [3.8, 4) is 5.69 Å². The van der Waals surface area contributed by atoms with E-state index in [9.17, 15) is 19.3 Å². The van der Waals surface area contributed by atoms with Crippen LogP contribution in [0, 0.1) is 15.9 Å². The zero-order valence-electron chi connectivity index (χ0n) is 15.8. The van der Waals surface area contributed by atoms with Gasteiger partial charge in [0.2, 0.25) is 0 Å². The molecule has 9 nitrogen and oxygen atoms in total. The summed E-state index contributed by atoms with van der Waals surface area (Å²) in [4.78, 5) is 29.2. The standard InChI is InChI=1S/C20H18FN5O4/c21-16-12-15(2-4-17(16)24-7-9-30-10-8-24)23-20(27)14-1-3-18(19(11-14)26(28)29)25-6-5-22-13-25/h1-6,11-13H,7-10H2,(H,23,27). The van der Waals surface area contributed by atoms with Crippen LogP contribution in [-0.2, 0) is 4.74 Å². The summed E-state index contributed by atoms with van der Waals surface area (Å²) >= 11 is 0. The van der Waals surface area contributed by atoms with Gasteiger partial charge in [-0.3, -0.25) is 14.9 Å². The topological polar surface area (TPSA) is 103 Å². The monoisotopic (exact) mass is 411 g/mol. The van der Waals surface area contributed by atoms with Crippen LogP contribution in [0.1, 0.15) is 10.4 Å². The van der Waals surface area contributed by atoms with E-state index in [0.29, 0.717) is 32.0 Å². The number of carbonyl (C=O) groups excluding carboxylic acids is 1. The van der Waals surface area contributed by atoms with Crippen molar-refractivity contribution in [1.82, 2.24) is 9.55 Å². The predicted octanol–water partition coefficient (Wildman–Crippen LogP) is 3.01. The molecule has 1 aliphatic heterocycles. The highest BCUT2D eigenvalue weighted by atomic mass is 19.1. The maximum absolute atomic E-state index is 14.5. The predicted molar refractivity (Wildman–Crippen MR) is 108 cm³/mol. The van der Waals surface area contributed by atoms with Crippen molar-refractivity contribution in [2.75, 3.05) is 36.5 Å². The number of aromatic nitrogens is 2. The lowest BCUT2D eigenvalue weighted by molar-refractivity contribution is -0.384. The first-order valence-corrected chi connectivity index (χ1v) is 9.23. The molecule has 1 saturated heterocycles. The fourth-order valence-electron chi connectivity index (χ4n) is 3.28. The van der Waals surface area contributed by atoms with E-state index in [1.807, 2.05) is 4.90 Å². The van der Waals surface area contributed by atoms with E-state index in [1.54, 1.807) is 18.3 Å². The van der Waals surface area contributed by atoms with Gasteiger partial charge in [-0.15, -0.1) is 0 Å². The fourth-order valence-corrected chi connectivity index (χ4v) is 3.28. The van der Waals surface area contributed by atoms with Crippen molar-refractivity contribution >= 4 is 23.0 Å². The quantitative estimate of drug-likeness (QED) is 0.511. The normalized spacial score (nSPS) is 13.8. The molecular formula is C20H18FN5O4. The summed E-state index contributed by atoms with van der Waals surface area (Å²) in [5, 5.41) is 14.0. The van der Waals surface area contributed by atoms with E-state index < -0.39 is 16.6 Å².